The number of quaternary nitrogens is 1. The van der Waals surface area contributed by atoms with Crippen molar-refractivity contribution in [2.45, 2.75) is 83.6 Å². The first-order valence-electron chi connectivity index (χ1n) is 15.6. The van der Waals surface area contributed by atoms with E-state index in [-0.39, 0.29) is 30.7 Å². The highest BCUT2D eigenvalue weighted by atomic mass is 16.5. The number of aliphatic imine (C=N–C) groups is 1. The molecule has 7 N–H and O–H groups in total. The number of nitrogens with one attached hydrogen (secondary N) is 2. The number of carbonyl (C=O) groups excluding carboxylic acids is 1. The highest BCUT2D eigenvalue weighted by molar-refractivity contribution is 6.08. The van der Waals surface area contributed by atoms with Gasteiger partial charge in [-0.3, -0.25) is 20.0 Å². The first kappa shape index (κ1) is 31.1. The van der Waals surface area contributed by atoms with Crippen LogP contribution in [-0.4, -0.2) is 52.7 Å². The van der Waals surface area contributed by atoms with Crippen molar-refractivity contribution in [1.82, 2.24) is 5.32 Å². The van der Waals surface area contributed by atoms with Gasteiger partial charge in [0.1, 0.15) is 24.2 Å². The number of hydrogen-bond acceptors (Lipinski definition) is 8. The number of benzene rings is 2. The molecule has 0 radical (unpaired) electrons. The Morgan fingerprint density at radius 1 is 1.26 bits per heavy atom. The fourth-order valence-corrected chi connectivity index (χ4v) is 6.25. The number of carbonyl (C=O) groups is 1. The Labute approximate surface area is 253 Å². The van der Waals surface area contributed by atoms with Crippen LogP contribution in [0.1, 0.15) is 79.4 Å². The summed E-state index contributed by atoms with van der Waals surface area (Å²) >= 11 is 0. The van der Waals surface area contributed by atoms with E-state index in [9.17, 15) is 20.1 Å². The number of Topliss-reactive ketones (excluding diaryl/α,β-unsaturated/α-hetero) is 1. The lowest BCUT2D eigenvalue weighted by Crippen LogP contribution is -3.07. The Morgan fingerprint density at radius 3 is 2.93 bits per heavy atom. The maximum Gasteiger partial charge on any atom is 0.227 e. The number of unbranched alkanes of at least 4 members (excludes halogenated alkanes) is 2. The van der Waals surface area contributed by atoms with Gasteiger partial charge in [0, 0.05) is 32.0 Å². The number of aryl methyl sites for hydroxylation is 1. The Morgan fingerprint density at radius 2 is 2.12 bits per heavy atom. The molecule has 0 saturated heterocycles. The summed E-state index contributed by atoms with van der Waals surface area (Å²) in [4.78, 5) is 18.1. The van der Waals surface area contributed by atoms with E-state index < -0.39 is 6.10 Å². The number of nitrogens with zero attached hydrogens (tertiary/aromatic N) is 1. The van der Waals surface area contributed by atoms with Crippen LogP contribution in [0.3, 0.4) is 0 Å². The summed E-state index contributed by atoms with van der Waals surface area (Å²) in [6, 6.07) is 9.20. The SMILES string of the molecule is CCCCCC(O)CC(=O)CCc1ccc(O)c(OC[NH+]2C=C3C(Cc4c(CO)ccc5c4CCNC5N)=CN=C3C2)c1. The smallest absolute Gasteiger partial charge is 0.227 e. The summed E-state index contributed by atoms with van der Waals surface area (Å²) in [5.74, 6) is 0.494. The van der Waals surface area contributed by atoms with E-state index in [1.165, 1.54) is 5.56 Å². The van der Waals surface area contributed by atoms with E-state index in [0.29, 0.717) is 44.7 Å². The maximum absolute atomic E-state index is 12.4. The van der Waals surface area contributed by atoms with Gasteiger partial charge in [0.2, 0.25) is 6.73 Å². The standard InChI is InChI=1S/C34H44N4O5/c1-2-3-4-5-25(40)16-26(41)9-6-22-7-11-32(42)33(14-22)43-21-38-18-30-24(17-37-31(30)19-38)15-29-23(20-39)8-10-28-27(29)12-13-36-34(28)35/h7-8,10-11,14,17-18,25,34,36,39-40,42H,2-6,9,12-13,15-16,19-21,35H2,1H3/p+1. The minimum Gasteiger partial charge on any atom is -0.504 e. The number of fused-ring (bicyclic) bond motifs is 2. The summed E-state index contributed by atoms with van der Waals surface area (Å²) in [5, 5.41) is 33.9. The van der Waals surface area contributed by atoms with E-state index in [4.69, 9.17) is 10.5 Å². The van der Waals surface area contributed by atoms with Gasteiger partial charge < -0.3 is 25.8 Å². The van der Waals surface area contributed by atoms with Crippen LogP contribution in [0.15, 0.2) is 58.9 Å². The van der Waals surface area contributed by atoms with Gasteiger partial charge in [0.25, 0.3) is 0 Å². The molecular formula is C34H45N4O5+. The predicted molar refractivity (Wildman–Crippen MR) is 166 cm³/mol. The van der Waals surface area contributed by atoms with Crippen molar-refractivity contribution in [2.24, 2.45) is 10.7 Å². The third-order valence-electron chi connectivity index (χ3n) is 8.69. The van der Waals surface area contributed by atoms with Crippen LogP contribution in [0, 0.1) is 0 Å². The lowest BCUT2D eigenvalue weighted by molar-refractivity contribution is -0.851. The topological polar surface area (TPSA) is 142 Å². The molecule has 2 aromatic carbocycles. The number of rotatable bonds is 15. The molecule has 0 amide bonds. The molecule has 43 heavy (non-hydrogen) atoms. The van der Waals surface area contributed by atoms with Crippen molar-refractivity contribution < 1.29 is 29.8 Å². The molecule has 3 atom stereocenters. The van der Waals surface area contributed by atoms with Gasteiger partial charge >= 0.3 is 0 Å². The molecule has 3 aliphatic heterocycles. The van der Waals surface area contributed by atoms with Gasteiger partial charge in [0.05, 0.1) is 24.4 Å². The van der Waals surface area contributed by atoms with Gasteiger partial charge in [-0.15, -0.1) is 0 Å². The van der Waals surface area contributed by atoms with E-state index >= 15 is 0 Å². The average Bonchev–Trinajstić information content (AvgIpc) is 3.57. The molecular weight excluding hydrogens is 544 g/mol. The molecule has 0 spiro atoms. The molecule has 9 heteroatoms. The van der Waals surface area contributed by atoms with E-state index in [0.717, 1.165) is 76.2 Å². The Bertz CT molecular complexity index is 1420. The van der Waals surface area contributed by atoms with Crippen molar-refractivity contribution in [3.05, 3.63) is 81.7 Å². The van der Waals surface area contributed by atoms with Crippen molar-refractivity contribution in [3.63, 3.8) is 0 Å². The van der Waals surface area contributed by atoms with Gasteiger partial charge in [-0.05, 0) is 64.8 Å². The quantitative estimate of drug-likeness (QED) is 0.175. The zero-order valence-electron chi connectivity index (χ0n) is 25.1. The van der Waals surface area contributed by atoms with Crippen LogP contribution in [0.4, 0.5) is 0 Å². The second kappa shape index (κ2) is 14.4. The zero-order chi connectivity index (χ0) is 30.3. The zero-order valence-corrected chi connectivity index (χ0v) is 25.1. The maximum atomic E-state index is 12.4. The first-order chi connectivity index (χ1) is 20.9. The Kier molecular flexibility index (Phi) is 10.4. The number of aromatic hydroxyl groups is 1. The molecule has 9 nitrogen and oxygen atoms in total. The lowest BCUT2D eigenvalue weighted by atomic mass is 9.86. The molecule has 230 valence electrons. The van der Waals surface area contributed by atoms with Crippen LogP contribution in [-0.2, 0) is 30.7 Å². The van der Waals surface area contributed by atoms with Gasteiger partial charge in [0.15, 0.2) is 11.5 Å². The second-order valence-corrected chi connectivity index (χ2v) is 11.9. The highest BCUT2D eigenvalue weighted by Crippen LogP contribution is 2.32. The fraction of sp³-hybridized carbons (Fsp3) is 0.471. The number of phenols is 1. The molecule has 3 unspecified atom stereocenters. The van der Waals surface area contributed by atoms with Crippen molar-refractivity contribution in [2.75, 3.05) is 19.8 Å². The van der Waals surface area contributed by atoms with Crippen LogP contribution in [0.25, 0.3) is 0 Å². The molecule has 0 fully saturated rings. The number of ketones is 1. The summed E-state index contributed by atoms with van der Waals surface area (Å²) in [7, 11) is 0. The summed E-state index contributed by atoms with van der Waals surface area (Å²) in [5.41, 5.74) is 14.8. The number of nitrogens with two attached hydrogens (primary N) is 1. The van der Waals surface area contributed by atoms with Crippen LogP contribution in [0.2, 0.25) is 0 Å². The molecule has 0 saturated carbocycles. The molecule has 3 aliphatic rings. The largest absolute Gasteiger partial charge is 0.504 e. The Balaban J connectivity index is 1.17. The van der Waals surface area contributed by atoms with Gasteiger partial charge in [-0.25, -0.2) is 0 Å². The number of hydrogen-bond donors (Lipinski definition) is 6. The monoisotopic (exact) mass is 589 g/mol. The van der Waals surface area contributed by atoms with Crippen LogP contribution in [0.5, 0.6) is 11.5 Å². The average molecular weight is 590 g/mol. The van der Waals surface area contributed by atoms with Crippen molar-refractivity contribution in [1.29, 1.82) is 0 Å². The van der Waals surface area contributed by atoms with Gasteiger partial charge in [-0.1, -0.05) is 44.4 Å². The minimum atomic E-state index is -0.569. The summed E-state index contributed by atoms with van der Waals surface area (Å²) in [6.45, 7) is 3.90. The second-order valence-electron chi connectivity index (χ2n) is 11.9. The molecule has 0 aromatic heterocycles. The predicted octanol–water partition coefficient (Wildman–Crippen LogP) is 2.52. The number of phenolic OH excluding ortho intramolecular Hbond substituents is 1. The van der Waals surface area contributed by atoms with E-state index in [1.807, 2.05) is 18.3 Å². The Hall–Kier alpha value is -3.34. The first-order valence-corrected chi connectivity index (χ1v) is 15.6. The lowest BCUT2D eigenvalue weighted by Gasteiger charge is -2.27. The van der Waals surface area contributed by atoms with Crippen LogP contribution < -0.4 is 20.7 Å². The molecule has 0 bridgehead atoms. The van der Waals surface area contributed by atoms with E-state index in [1.54, 1.807) is 18.2 Å². The van der Waals surface area contributed by atoms with Crippen LogP contribution >= 0.6 is 0 Å². The third kappa shape index (κ3) is 7.60. The molecule has 0 aliphatic carbocycles. The fourth-order valence-electron chi connectivity index (χ4n) is 6.25. The van der Waals surface area contributed by atoms with E-state index in [2.05, 4.69) is 23.4 Å². The molecule has 2 aromatic rings. The molecule has 3 heterocycles. The number of ether oxygens (including phenoxy) is 1. The third-order valence-corrected chi connectivity index (χ3v) is 8.69. The number of aliphatic hydroxyl groups is 2. The number of aliphatic hydroxyl groups excluding tert-OH is 2. The normalized spacial score (nSPS) is 19.8. The number of allylic oxidation sites excluding steroid dienone is 1. The molecule has 5 rings (SSSR count). The van der Waals surface area contributed by atoms with Gasteiger partial charge in [-0.2, -0.15) is 0 Å². The summed E-state index contributed by atoms with van der Waals surface area (Å²) in [6.07, 6.45) is 9.67. The van der Waals surface area contributed by atoms with Crippen molar-refractivity contribution in [3.8, 4) is 11.5 Å². The minimum absolute atomic E-state index is 0.0196. The highest BCUT2D eigenvalue weighted by Gasteiger charge is 2.32. The summed E-state index contributed by atoms with van der Waals surface area (Å²) < 4.78 is 6.04. The van der Waals surface area contributed by atoms with Crippen molar-refractivity contribution >= 4 is 11.5 Å².